The number of halogens is 2. The molecule has 2 amide bonds. The van der Waals surface area contributed by atoms with E-state index in [9.17, 15) is 18.0 Å². The molecular weight excluding hydrogens is 569 g/mol. The van der Waals surface area contributed by atoms with Crippen molar-refractivity contribution in [1.82, 2.24) is 10.2 Å². The van der Waals surface area contributed by atoms with E-state index in [1.54, 1.807) is 24.3 Å². The van der Waals surface area contributed by atoms with Crippen molar-refractivity contribution in [3.8, 4) is 0 Å². The minimum atomic E-state index is -4.23. The Kier molecular flexibility index (Phi) is 11.4. The van der Waals surface area contributed by atoms with Gasteiger partial charge in [0.2, 0.25) is 11.8 Å². The second-order valence-corrected chi connectivity index (χ2v) is 12.1. The summed E-state index contributed by atoms with van der Waals surface area (Å²) < 4.78 is 28.7. The second kappa shape index (κ2) is 14.5. The van der Waals surface area contributed by atoms with Gasteiger partial charge >= 0.3 is 0 Å². The average molecular weight is 605 g/mol. The van der Waals surface area contributed by atoms with Gasteiger partial charge in [0, 0.05) is 18.1 Å². The smallest absolute Gasteiger partial charge is 0.264 e. The summed E-state index contributed by atoms with van der Waals surface area (Å²) in [5, 5.41) is 3.30. The molecule has 0 aliphatic rings. The highest BCUT2D eigenvalue weighted by atomic mass is 35.5. The molecule has 40 heavy (non-hydrogen) atoms. The van der Waals surface area contributed by atoms with Gasteiger partial charge in [-0.15, -0.1) is 0 Å². The van der Waals surface area contributed by atoms with E-state index in [1.807, 2.05) is 45.0 Å². The number of hydrogen-bond donors (Lipinski definition) is 1. The van der Waals surface area contributed by atoms with Crippen LogP contribution in [0.15, 0.2) is 77.7 Å². The van der Waals surface area contributed by atoms with Gasteiger partial charge in [-0.2, -0.15) is 0 Å². The number of aryl methyl sites for hydroxylation is 1. The summed E-state index contributed by atoms with van der Waals surface area (Å²) in [5.74, 6) is -0.826. The molecule has 0 radical (unpaired) electrons. The molecule has 10 heteroatoms. The number of benzene rings is 3. The molecule has 0 saturated carbocycles. The van der Waals surface area contributed by atoms with Gasteiger partial charge in [-0.1, -0.05) is 85.9 Å². The number of hydrogen-bond acceptors (Lipinski definition) is 4. The molecule has 3 rings (SSSR count). The van der Waals surface area contributed by atoms with E-state index >= 15 is 0 Å². The van der Waals surface area contributed by atoms with Crippen LogP contribution in [0.5, 0.6) is 0 Å². The van der Waals surface area contributed by atoms with Crippen LogP contribution < -0.4 is 9.62 Å². The fourth-order valence-corrected chi connectivity index (χ4v) is 6.19. The molecule has 0 fully saturated rings. The molecule has 1 N–H and O–H groups in total. The standard InChI is InChI=1S/C30H35Cl2N3O4S/c1-4-6-18-33-30(37)27(5-2)34(20-23-13-11-10-12-22(23)3)29(36)21-35(28-19-24(31)16-17-26(28)32)40(38,39)25-14-8-7-9-15-25/h7-17,19,27H,4-6,18,20-21H2,1-3H3,(H,33,37)/t27-/m1/s1. The van der Waals surface area contributed by atoms with Crippen LogP contribution in [0.25, 0.3) is 0 Å². The predicted octanol–water partition coefficient (Wildman–Crippen LogP) is 6.22. The number of anilines is 1. The Labute approximate surface area is 247 Å². The SMILES string of the molecule is CCCCNC(=O)[C@@H](CC)N(Cc1ccccc1C)C(=O)CN(c1cc(Cl)ccc1Cl)S(=O)(=O)c1ccccc1. The van der Waals surface area contributed by atoms with Crippen molar-refractivity contribution in [2.24, 2.45) is 0 Å². The fraction of sp³-hybridized carbons (Fsp3) is 0.333. The molecule has 3 aromatic carbocycles. The van der Waals surface area contributed by atoms with Gasteiger partial charge in [0.25, 0.3) is 10.0 Å². The molecule has 0 aliphatic heterocycles. The summed E-state index contributed by atoms with van der Waals surface area (Å²) in [6.07, 6.45) is 2.07. The topological polar surface area (TPSA) is 86.8 Å². The van der Waals surface area contributed by atoms with E-state index in [0.717, 1.165) is 28.3 Å². The van der Waals surface area contributed by atoms with Crippen LogP contribution in [0, 0.1) is 6.92 Å². The predicted molar refractivity (Wildman–Crippen MR) is 161 cm³/mol. The van der Waals surface area contributed by atoms with Gasteiger partial charge in [-0.3, -0.25) is 13.9 Å². The molecule has 0 bridgehead atoms. The van der Waals surface area contributed by atoms with Gasteiger partial charge in [-0.25, -0.2) is 8.42 Å². The summed E-state index contributed by atoms with van der Waals surface area (Å²) in [7, 11) is -4.23. The fourth-order valence-electron chi connectivity index (χ4n) is 4.31. The first-order valence-corrected chi connectivity index (χ1v) is 15.4. The lowest BCUT2D eigenvalue weighted by molar-refractivity contribution is -0.140. The van der Waals surface area contributed by atoms with Crippen LogP contribution in [-0.4, -0.2) is 44.3 Å². The number of nitrogens with zero attached hydrogens (tertiary/aromatic N) is 2. The summed E-state index contributed by atoms with van der Waals surface area (Å²) in [6, 6.07) is 19.0. The Bertz CT molecular complexity index is 1420. The number of rotatable bonds is 13. The zero-order valence-corrected chi connectivity index (χ0v) is 25.3. The zero-order chi connectivity index (χ0) is 29.3. The van der Waals surface area contributed by atoms with Gasteiger partial charge < -0.3 is 10.2 Å². The van der Waals surface area contributed by atoms with Crippen molar-refractivity contribution >= 4 is 50.7 Å². The molecule has 214 valence electrons. The van der Waals surface area contributed by atoms with Crippen LogP contribution >= 0.6 is 23.2 Å². The molecule has 0 aromatic heterocycles. The Morgan fingerprint density at radius 3 is 2.27 bits per heavy atom. The average Bonchev–Trinajstić information content (AvgIpc) is 2.94. The third-order valence-electron chi connectivity index (χ3n) is 6.60. The van der Waals surface area contributed by atoms with Gasteiger partial charge in [0.05, 0.1) is 15.6 Å². The minimum Gasteiger partial charge on any atom is -0.354 e. The van der Waals surface area contributed by atoms with E-state index in [2.05, 4.69) is 5.32 Å². The third-order valence-corrected chi connectivity index (χ3v) is 8.93. The second-order valence-electron chi connectivity index (χ2n) is 9.44. The van der Waals surface area contributed by atoms with Crippen molar-refractivity contribution < 1.29 is 18.0 Å². The van der Waals surface area contributed by atoms with Gasteiger partial charge in [0.15, 0.2) is 0 Å². The maximum absolute atomic E-state index is 14.1. The summed E-state index contributed by atoms with van der Waals surface area (Å²) in [5.41, 5.74) is 1.88. The van der Waals surface area contributed by atoms with E-state index in [1.165, 1.54) is 29.2 Å². The highest BCUT2D eigenvalue weighted by Crippen LogP contribution is 2.33. The normalized spacial score (nSPS) is 12.0. The first kappa shape index (κ1) is 31.5. The van der Waals surface area contributed by atoms with Crippen LogP contribution in [0.1, 0.15) is 44.2 Å². The monoisotopic (exact) mass is 603 g/mol. The summed E-state index contributed by atoms with van der Waals surface area (Å²) in [4.78, 5) is 28.8. The van der Waals surface area contributed by atoms with Crippen LogP contribution in [0.3, 0.4) is 0 Å². The Morgan fingerprint density at radius 1 is 0.950 bits per heavy atom. The lowest BCUT2D eigenvalue weighted by atomic mass is 10.1. The largest absolute Gasteiger partial charge is 0.354 e. The number of sulfonamides is 1. The highest BCUT2D eigenvalue weighted by Gasteiger charge is 2.34. The first-order chi connectivity index (χ1) is 19.1. The number of unbranched alkanes of at least 4 members (excludes halogenated alkanes) is 1. The van der Waals surface area contributed by atoms with Crippen LogP contribution in [0.2, 0.25) is 10.0 Å². The Morgan fingerprint density at radius 2 is 1.62 bits per heavy atom. The van der Waals surface area contributed by atoms with Crippen molar-refractivity contribution in [2.75, 3.05) is 17.4 Å². The van der Waals surface area contributed by atoms with Crippen molar-refractivity contribution in [2.45, 2.75) is 57.5 Å². The van der Waals surface area contributed by atoms with E-state index in [4.69, 9.17) is 23.2 Å². The molecule has 0 unspecified atom stereocenters. The van der Waals surface area contributed by atoms with E-state index < -0.39 is 28.5 Å². The number of carbonyl (C=O) groups excluding carboxylic acids is 2. The lowest BCUT2D eigenvalue weighted by Crippen LogP contribution is -2.52. The molecule has 0 heterocycles. The van der Waals surface area contributed by atoms with Crippen molar-refractivity contribution in [3.63, 3.8) is 0 Å². The molecule has 7 nitrogen and oxygen atoms in total. The van der Waals surface area contributed by atoms with E-state index in [-0.39, 0.29) is 33.1 Å². The first-order valence-electron chi connectivity index (χ1n) is 13.2. The maximum atomic E-state index is 14.1. The quantitative estimate of drug-likeness (QED) is 0.235. The Hall–Kier alpha value is -3.07. The number of carbonyl (C=O) groups is 2. The zero-order valence-electron chi connectivity index (χ0n) is 22.9. The van der Waals surface area contributed by atoms with Gasteiger partial charge in [0.1, 0.15) is 12.6 Å². The van der Waals surface area contributed by atoms with Crippen molar-refractivity contribution in [1.29, 1.82) is 0 Å². The lowest BCUT2D eigenvalue weighted by Gasteiger charge is -2.33. The molecular formula is C30H35Cl2N3O4S. The van der Waals surface area contributed by atoms with E-state index in [0.29, 0.717) is 13.0 Å². The highest BCUT2D eigenvalue weighted by molar-refractivity contribution is 7.92. The summed E-state index contributed by atoms with van der Waals surface area (Å²) in [6.45, 7) is 5.83. The summed E-state index contributed by atoms with van der Waals surface area (Å²) >= 11 is 12.7. The number of nitrogens with one attached hydrogen (secondary N) is 1. The third kappa shape index (κ3) is 7.77. The van der Waals surface area contributed by atoms with Crippen molar-refractivity contribution in [3.05, 3.63) is 94.0 Å². The van der Waals surface area contributed by atoms with Crippen LogP contribution in [-0.2, 0) is 26.2 Å². The Balaban J connectivity index is 2.07. The van der Waals surface area contributed by atoms with Gasteiger partial charge in [-0.05, 0) is 61.2 Å². The number of amides is 2. The molecule has 0 saturated heterocycles. The molecule has 0 spiro atoms. The maximum Gasteiger partial charge on any atom is 0.264 e. The van der Waals surface area contributed by atoms with Crippen LogP contribution in [0.4, 0.5) is 5.69 Å². The minimum absolute atomic E-state index is 0.00588. The molecule has 1 atom stereocenters. The molecule has 3 aromatic rings. The molecule has 0 aliphatic carbocycles.